The van der Waals surface area contributed by atoms with E-state index in [0.29, 0.717) is 19.0 Å². The van der Waals surface area contributed by atoms with Gasteiger partial charge in [-0.25, -0.2) is 0 Å². The highest BCUT2D eigenvalue weighted by Crippen LogP contribution is 2.17. The molecule has 1 aromatic heterocycles. The van der Waals surface area contributed by atoms with Crippen molar-refractivity contribution in [3.63, 3.8) is 0 Å². The number of benzene rings is 1. The average molecular weight is 310 g/mol. The van der Waals surface area contributed by atoms with Crippen LogP contribution < -0.4 is 4.90 Å². The number of piperazine rings is 1. The van der Waals surface area contributed by atoms with Gasteiger partial charge in [0.1, 0.15) is 0 Å². The first-order chi connectivity index (χ1) is 11.1. The monoisotopic (exact) mass is 310 g/mol. The molecule has 2 heterocycles. The molecule has 120 valence electrons. The standard InChI is InChI=1S/C18H22N4O/c1-14(2)15-5-7-16(8-6-15)18(23)22-12-10-21(11-13-22)17-4-3-9-19-20-17/h3-9,14H,10-13H2,1-2H3. The first-order valence-corrected chi connectivity index (χ1v) is 8.07. The summed E-state index contributed by atoms with van der Waals surface area (Å²) in [6.45, 7) is 7.30. The van der Waals surface area contributed by atoms with E-state index < -0.39 is 0 Å². The lowest BCUT2D eigenvalue weighted by Gasteiger charge is -2.35. The van der Waals surface area contributed by atoms with E-state index in [2.05, 4.69) is 28.9 Å². The fourth-order valence-electron chi connectivity index (χ4n) is 2.79. The molecule has 0 aliphatic carbocycles. The van der Waals surface area contributed by atoms with Crippen molar-refractivity contribution < 1.29 is 4.79 Å². The van der Waals surface area contributed by atoms with Gasteiger partial charge in [-0.2, -0.15) is 5.10 Å². The van der Waals surface area contributed by atoms with Crippen LogP contribution in [-0.2, 0) is 0 Å². The zero-order valence-corrected chi connectivity index (χ0v) is 13.6. The fraction of sp³-hybridized carbons (Fsp3) is 0.389. The van der Waals surface area contributed by atoms with Crippen LogP contribution in [0.1, 0.15) is 35.7 Å². The van der Waals surface area contributed by atoms with Crippen molar-refractivity contribution in [3.8, 4) is 0 Å². The molecule has 5 nitrogen and oxygen atoms in total. The number of rotatable bonds is 3. The number of amides is 1. The van der Waals surface area contributed by atoms with Crippen molar-refractivity contribution in [2.45, 2.75) is 19.8 Å². The summed E-state index contributed by atoms with van der Waals surface area (Å²) in [6, 6.07) is 11.8. The van der Waals surface area contributed by atoms with Crippen LogP contribution >= 0.6 is 0 Å². The Hall–Kier alpha value is -2.43. The van der Waals surface area contributed by atoms with Gasteiger partial charge in [0.15, 0.2) is 5.82 Å². The van der Waals surface area contributed by atoms with Crippen LogP contribution in [0.25, 0.3) is 0 Å². The van der Waals surface area contributed by atoms with Gasteiger partial charge >= 0.3 is 0 Å². The van der Waals surface area contributed by atoms with Crippen molar-refractivity contribution in [3.05, 3.63) is 53.7 Å². The minimum absolute atomic E-state index is 0.110. The van der Waals surface area contributed by atoms with Crippen molar-refractivity contribution in [2.75, 3.05) is 31.1 Å². The SMILES string of the molecule is CC(C)c1ccc(C(=O)N2CCN(c3cccnn3)CC2)cc1. The molecular weight excluding hydrogens is 288 g/mol. The summed E-state index contributed by atoms with van der Waals surface area (Å²) < 4.78 is 0. The number of aromatic nitrogens is 2. The minimum atomic E-state index is 0.110. The summed E-state index contributed by atoms with van der Waals surface area (Å²) in [4.78, 5) is 16.7. The van der Waals surface area contributed by atoms with Gasteiger partial charge in [-0.05, 0) is 35.7 Å². The first kappa shape index (κ1) is 15.5. The second kappa shape index (κ2) is 6.77. The lowest BCUT2D eigenvalue weighted by molar-refractivity contribution is 0.0746. The second-order valence-electron chi connectivity index (χ2n) is 6.14. The molecule has 0 unspecified atom stereocenters. The van der Waals surface area contributed by atoms with Gasteiger partial charge < -0.3 is 9.80 Å². The Morgan fingerprint density at radius 2 is 1.74 bits per heavy atom. The third-order valence-corrected chi connectivity index (χ3v) is 4.27. The van der Waals surface area contributed by atoms with Crippen molar-refractivity contribution in [1.82, 2.24) is 15.1 Å². The number of hydrogen-bond acceptors (Lipinski definition) is 4. The van der Waals surface area contributed by atoms with Crippen LogP contribution in [0.2, 0.25) is 0 Å². The molecule has 1 fully saturated rings. The summed E-state index contributed by atoms with van der Waals surface area (Å²) >= 11 is 0. The predicted molar refractivity (Wildman–Crippen MR) is 90.7 cm³/mol. The molecule has 3 rings (SSSR count). The van der Waals surface area contributed by atoms with Gasteiger partial charge in [0.25, 0.3) is 5.91 Å². The largest absolute Gasteiger partial charge is 0.352 e. The second-order valence-corrected chi connectivity index (χ2v) is 6.14. The van der Waals surface area contributed by atoms with Crippen LogP contribution in [0.4, 0.5) is 5.82 Å². The highest BCUT2D eigenvalue weighted by Gasteiger charge is 2.22. The Kier molecular flexibility index (Phi) is 4.55. The molecule has 0 atom stereocenters. The first-order valence-electron chi connectivity index (χ1n) is 8.07. The molecule has 0 spiro atoms. The maximum atomic E-state index is 12.6. The molecule has 0 bridgehead atoms. The molecule has 0 N–H and O–H groups in total. The predicted octanol–water partition coefficient (Wildman–Crippen LogP) is 2.56. The molecule has 1 aromatic carbocycles. The Morgan fingerprint density at radius 1 is 1.04 bits per heavy atom. The quantitative estimate of drug-likeness (QED) is 0.874. The van der Waals surface area contributed by atoms with Gasteiger partial charge in [-0.1, -0.05) is 26.0 Å². The zero-order chi connectivity index (χ0) is 16.2. The number of hydrogen-bond donors (Lipinski definition) is 0. The summed E-state index contributed by atoms with van der Waals surface area (Å²) in [6.07, 6.45) is 1.67. The molecule has 1 aliphatic rings. The third kappa shape index (κ3) is 3.50. The summed E-state index contributed by atoms with van der Waals surface area (Å²) in [5.41, 5.74) is 2.02. The van der Waals surface area contributed by atoms with E-state index in [1.807, 2.05) is 41.3 Å². The molecule has 0 saturated carbocycles. The molecular formula is C18H22N4O. The van der Waals surface area contributed by atoms with E-state index in [1.165, 1.54) is 5.56 Å². The molecule has 0 radical (unpaired) electrons. The van der Waals surface area contributed by atoms with Crippen molar-refractivity contribution >= 4 is 11.7 Å². The van der Waals surface area contributed by atoms with Crippen molar-refractivity contribution in [1.29, 1.82) is 0 Å². The highest BCUT2D eigenvalue weighted by atomic mass is 16.2. The van der Waals surface area contributed by atoms with Crippen molar-refractivity contribution in [2.24, 2.45) is 0 Å². The Morgan fingerprint density at radius 3 is 2.30 bits per heavy atom. The number of carbonyl (C=O) groups is 1. The van der Waals surface area contributed by atoms with Crippen LogP contribution in [-0.4, -0.2) is 47.2 Å². The normalized spacial score (nSPS) is 15.1. The van der Waals surface area contributed by atoms with E-state index in [9.17, 15) is 4.79 Å². The van der Waals surface area contributed by atoms with E-state index in [-0.39, 0.29) is 5.91 Å². The Labute approximate surface area is 136 Å². The molecule has 23 heavy (non-hydrogen) atoms. The van der Waals surface area contributed by atoms with E-state index in [4.69, 9.17) is 0 Å². The summed E-state index contributed by atoms with van der Waals surface area (Å²) in [7, 11) is 0. The number of nitrogens with zero attached hydrogens (tertiary/aromatic N) is 4. The lowest BCUT2D eigenvalue weighted by atomic mass is 10.0. The average Bonchev–Trinajstić information content (AvgIpc) is 2.62. The van der Waals surface area contributed by atoms with E-state index >= 15 is 0 Å². The highest BCUT2D eigenvalue weighted by molar-refractivity contribution is 5.94. The van der Waals surface area contributed by atoms with Gasteiger partial charge in [0.05, 0.1) is 0 Å². The number of anilines is 1. The van der Waals surface area contributed by atoms with Gasteiger partial charge in [0.2, 0.25) is 0 Å². The van der Waals surface area contributed by atoms with E-state index in [0.717, 1.165) is 24.5 Å². The fourth-order valence-corrected chi connectivity index (χ4v) is 2.79. The smallest absolute Gasteiger partial charge is 0.253 e. The van der Waals surface area contributed by atoms with Gasteiger partial charge in [-0.3, -0.25) is 4.79 Å². The molecule has 2 aromatic rings. The maximum Gasteiger partial charge on any atom is 0.253 e. The van der Waals surface area contributed by atoms with E-state index in [1.54, 1.807) is 6.20 Å². The zero-order valence-electron chi connectivity index (χ0n) is 13.6. The summed E-state index contributed by atoms with van der Waals surface area (Å²) in [5, 5.41) is 8.04. The lowest BCUT2D eigenvalue weighted by Crippen LogP contribution is -2.49. The van der Waals surface area contributed by atoms with Gasteiger partial charge in [0, 0.05) is 37.9 Å². The Bertz CT molecular complexity index is 646. The Balaban J connectivity index is 1.62. The van der Waals surface area contributed by atoms with Crippen LogP contribution in [0.3, 0.4) is 0 Å². The van der Waals surface area contributed by atoms with Crippen LogP contribution in [0.15, 0.2) is 42.6 Å². The molecule has 5 heteroatoms. The van der Waals surface area contributed by atoms with Crippen LogP contribution in [0, 0.1) is 0 Å². The topological polar surface area (TPSA) is 49.3 Å². The third-order valence-electron chi connectivity index (χ3n) is 4.27. The molecule has 1 amide bonds. The molecule has 1 saturated heterocycles. The molecule has 1 aliphatic heterocycles. The summed E-state index contributed by atoms with van der Waals surface area (Å²) in [5.74, 6) is 1.47. The maximum absolute atomic E-state index is 12.6. The van der Waals surface area contributed by atoms with Gasteiger partial charge in [-0.15, -0.1) is 5.10 Å². The minimum Gasteiger partial charge on any atom is -0.352 e. The number of carbonyl (C=O) groups excluding carboxylic acids is 1. The van der Waals surface area contributed by atoms with Crippen LogP contribution in [0.5, 0.6) is 0 Å².